The SMILES string of the molecule is CCC1c2cc(OC)c(OC)cc2CN1c1nc(-c2ncccn2)ncc1NC. The van der Waals surface area contributed by atoms with Crippen molar-refractivity contribution in [1.29, 1.82) is 0 Å². The fraction of sp³-hybridized carbons (Fsp3) is 0.333. The molecule has 1 aromatic carbocycles. The van der Waals surface area contributed by atoms with Crippen LogP contribution in [0.2, 0.25) is 0 Å². The predicted molar refractivity (Wildman–Crippen MR) is 111 cm³/mol. The van der Waals surface area contributed by atoms with Gasteiger partial charge in [-0.05, 0) is 35.7 Å². The molecular weight excluding hydrogens is 368 g/mol. The van der Waals surface area contributed by atoms with Crippen molar-refractivity contribution in [2.45, 2.75) is 25.9 Å². The maximum atomic E-state index is 5.52. The summed E-state index contributed by atoms with van der Waals surface area (Å²) in [5, 5.41) is 3.21. The van der Waals surface area contributed by atoms with Crippen LogP contribution in [0.4, 0.5) is 11.5 Å². The summed E-state index contributed by atoms with van der Waals surface area (Å²) in [4.78, 5) is 20.1. The molecule has 0 saturated heterocycles. The van der Waals surface area contributed by atoms with Crippen molar-refractivity contribution in [2.24, 2.45) is 0 Å². The summed E-state index contributed by atoms with van der Waals surface area (Å²) in [6.07, 6.45) is 6.09. The molecule has 2 aromatic heterocycles. The third-order valence-corrected chi connectivity index (χ3v) is 5.18. The average molecular weight is 392 g/mol. The number of aromatic nitrogens is 4. The van der Waals surface area contributed by atoms with Gasteiger partial charge in [0.1, 0.15) is 0 Å². The summed E-state index contributed by atoms with van der Waals surface area (Å²) in [6, 6.07) is 6.07. The third-order valence-electron chi connectivity index (χ3n) is 5.18. The number of nitrogens with zero attached hydrogens (tertiary/aromatic N) is 5. The van der Waals surface area contributed by atoms with Crippen LogP contribution in [0.25, 0.3) is 11.6 Å². The Labute approximate surface area is 170 Å². The van der Waals surface area contributed by atoms with Crippen molar-refractivity contribution in [3.8, 4) is 23.1 Å². The molecule has 8 heteroatoms. The van der Waals surface area contributed by atoms with Gasteiger partial charge in [0.25, 0.3) is 0 Å². The monoisotopic (exact) mass is 392 g/mol. The number of fused-ring (bicyclic) bond motifs is 1. The van der Waals surface area contributed by atoms with Crippen LogP contribution in [0.5, 0.6) is 11.5 Å². The normalized spacial score (nSPS) is 15.2. The molecule has 8 nitrogen and oxygen atoms in total. The standard InChI is InChI=1S/C21H24N6O2/c1-5-16-14-10-18(29-4)17(28-3)9-13(14)12-27(16)21-15(22-2)11-25-20(26-21)19-23-7-6-8-24-19/h6-11,16,22H,5,12H2,1-4H3. The van der Waals surface area contributed by atoms with Crippen LogP contribution in [0.3, 0.4) is 0 Å². The van der Waals surface area contributed by atoms with Crippen molar-refractivity contribution in [1.82, 2.24) is 19.9 Å². The summed E-state index contributed by atoms with van der Waals surface area (Å²) in [6.45, 7) is 2.89. The molecule has 0 saturated carbocycles. The average Bonchev–Trinajstić information content (AvgIpc) is 3.15. The quantitative estimate of drug-likeness (QED) is 0.683. The molecule has 0 bridgehead atoms. The lowest BCUT2D eigenvalue weighted by molar-refractivity contribution is 0.354. The topological polar surface area (TPSA) is 85.3 Å². The van der Waals surface area contributed by atoms with Crippen LogP contribution >= 0.6 is 0 Å². The van der Waals surface area contributed by atoms with E-state index in [1.54, 1.807) is 38.9 Å². The van der Waals surface area contributed by atoms with Crippen molar-refractivity contribution >= 4 is 11.5 Å². The second-order valence-corrected chi connectivity index (χ2v) is 6.71. The maximum absolute atomic E-state index is 5.52. The van der Waals surface area contributed by atoms with E-state index < -0.39 is 0 Å². The number of hydrogen-bond donors (Lipinski definition) is 1. The van der Waals surface area contributed by atoms with Crippen LogP contribution in [-0.2, 0) is 6.54 Å². The van der Waals surface area contributed by atoms with E-state index in [0.717, 1.165) is 36.0 Å². The van der Waals surface area contributed by atoms with Gasteiger partial charge in [-0.2, -0.15) is 0 Å². The van der Waals surface area contributed by atoms with Crippen LogP contribution in [0.15, 0.2) is 36.8 Å². The van der Waals surface area contributed by atoms with Crippen LogP contribution < -0.4 is 19.7 Å². The van der Waals surface area contributed by atoms with E-state index in [0.29, 0.717) is 11.6 Å². The number of hydrogen-bond acceptors (Lipinski definition) is 8. The molecule has 0 spiro atoms. The van der Waals surface area contributed by atoms with Gasteiger partial charge in [-0.15, -0.1) is 0 Å². The Hall–Kier alpha value is -3.42. The Morgan fingerprint density at radius 1 is 1.07 bits per heavy atom. The number of nitrogens with one attached hydrogen (secondary N) is 1. The minimum Gasteiger partial charge on any atom is -0.493 e. The Kier molecular flexibility index (Phi) is 5.16. The second-order valence-electron chi connectivity index (χ2n) is 6.71. The molecule has 0 fully saturated rings. The Balaban J connectivity index is 1.79. The first kappa shape index (κ1) is 18.9. The van der Waals surface area contributed by atoms with E-state index in [2.05, 4.69) is 44.2 Å². The first-order chi connectivity index (χ1) is 14.2. The highest BCUT2D eigenvalue weighted by molar-refractivity contribution is 5.70. The summed E-state index contributed by atoms with van der Waals surface area (Å²) in [7, 11) is 5.19. The Morgan fingerprint density at radius 2 is 1.79 bits per heavy atom. The second kappa shape index (κ2) is 7.90. The van der Waals surface area contributed by atoms with Crippen molar-refractivity contribution in [3.05, 3.63) is 47.9 Å². The minimum absolute atomic E-state index is 0.163. The third kappa shape index (κ3) is 3.30. The minimum atomic E-state index is 0.163. The molecule has 1 unspecified atom stereocenters. The van der Waals surface area contributed by atoms with Gasteiger partial charge in [0.2, 0.25) is 0 Å². The number of ether oxygens (including phenoxy) is 2. The Bertz CT molecular complexity index is 1010. The summed E-state index contributed by atoms with van der Waals surface area (Å²) in [5.74, 6) is 3.30. The fourth-order valence-corrected chi connectivity index (χ4v) is 3.80. The van der Waals surface area contributed by atoms with Crippen LogP contribution in [0, 0.1) is 0 Å². The van der Waals surface area contributed by atoms with Gasteiger partial charge >= 0.3 is 0 Å². The highest BCUT2D eigenvalue weighted by atomic mass is 16.5. The highest BCUT2D eigenvalue weighted by Gasteiger charge is 2.33. The smallest absolute Gasteiger partial charge is 0.199 e. The maximum Gasteiger partial charge on any atom is 0.199 e. The lowest BCUT2D eigenvalue weighted by atomic mass is 10.0. The first-order valence-corrected chi connectivity index (χ1v) is 9.53. The highest BCUT2D eigenvalue weighted by Crippen LogP contribution is 2.45. The van der Waals surface area contributed by atoms with Gasteiger partial charge in [-0.3, -0.25) is 0 Å². The summed E-state index contributed by atoms with van der Waals surface area (Å²) in [5.41, 5.74) is 3.28. The molecule has 1 atom stereocenters. The number of rotatable bonds is 6. The number of methoxy groups -OCH3 is 2. The van der Waals surface area contributed by atoms with Gasteiger partial charge in [-0.25, -0.2) is 19.9 Å². The van der Waals surface area contributed by atoms with E-state index in [-0.39, 0.29) is 6.04 Å². The fourth-order valence-electron chi connectivity index (χ4n) is 3.80. The Morgan fingerprint density at radius 3 is 2.45 bits per heavy atom. The molecule has 3 heterocycles. The van der Waals surface area contributed by atoms with Crippen LogP contribution in [0.1, 0.15) is 30.5 Å². The molecule has 0 aliphatic carbocycles. The molecular formula is C21H24N6O2. The van der Waals surface area contributed by atoms with Crippen molar-refractivity contribution in [2.75, 3.05) is 31.5 Å². The van der Waals surface area contributed by atoms with E-state index in [1.165, 1.54) is 11.1 Å². The van der Waals surface area contributed by atoms with E-state index in [9.17, 15) is 0 Å². The molecule has 1 aliphatic heterocycles. The summed E-state index contributed by atoms with van der Waals surface area (Å²) < 4.78 is 11.0. The molecule has 0 radical (unpaired) electrons. The summed E-state index contributed by atoms with van der Waals surface area (Å²) >= 11 is 0. The van der Waals surface area contributed by atoms with Gasteiger partial charge in [-0.1, -0.05) is 6.92 Å². The van der Waals surface area contributed by atoms with Gasteiger partial charge in [0, 0.05) is 26.0 Å². The lowest BCUT2D eigenvalue weighted by Gasteiger charge is -2.27. The first-order valence-electron chi connectivity index (χ1n) is 9.53. The van der Waals surface area contributed by atoms with Crippen molar-refractivity contribution in [3.63, 3.8) is 0 Å². The van der Waals surface area contributed by atoms with E-state index in [4.69, 9.17) is 14.5 Å². The zero-order chi connectivity index (χ0) is 20.4. The predicted octanol–water partition coefficient (Wildman–Crippen LogP) is 3.46. The molecule has 1 aliphatic rings. The molecule has 29 heavy (non-hydrogen) atoms. The van der Waals surface area contributed by atoms with Gasteiger partial charge < -0.3 is 19.7 Å². The molecule has 3 aromatic rings. The lowest BCUT2D eigenvalue weighted by Crippen LogP contribution is -2.23. The van der Waals surface area contributed by atoms with E-state index >= 15 is 0 Å². The van der Waals surface area contributed by atoms with Gasteiger partial charge in [0.15, 0.2) is 29.0 Å². The number of anilines is 2. The van der Waals surface area contributed by atoms with Crippen LogP contribution in [-0.4, -0.2) is 41.2 Å². The molecule has 4 rings (SSSR count). The van der Waals surface area contributed by atoms with Crippen molar-refractivity contribution < 1.29 is 9.47 Å². The zero-order valence-electron chi connectivity index (χ0n) is 17.0. The van der Waals surface area contributed by atoms with Gasteiger partial charge in [0.05, 0.1) is 32.1 Å². The molecule has 1 N–H and O–H groups in total. The largest absolute Gasteiger partial charge is 0.493 e. The zero-order valence-corrected chi connectivity index (χ0v) is 17.0. The van der Waals surface area contributed by atoms with E-state index in [1.807, 2.05) is 7.05 Å². The molecule has 150 valence electrons. The molecule has 0 amide bonds. The number of benzene rings is 1.